The van der Waals surface area contributed by atoms with Crippen LogP contribution in [-0.4, -0.2) is 29.3 Å². The van der Waals surface area contributed by atoms with E-state index in [1.165, 1.54) is 11.3 Å². The van der Waals surface area contributed by atoms with E-state index in [1.807, 2.05) is 6.07 Å². The minimum absolute atomic E-state index is 0.162. The van der Waals surface area contributed by atoms with E-state index in [0.29, 0.717) is 17.4 Å². The molecule has 2 heterocycles. The first-order valence-corrected chi connectivity index (χ1v) is 7.62. The van der Waals surface area contributed by atoms with Crippen molar-refractivity contribution < 1.29 is 5.11 Å². The molecule has 1 aromatic heterocycles. The fraction of sp³-hybridized carbons (Fsp3) is 0.625. The predicted molar refractivity (Wildman–Crippen MR) is 75.4 cm³/mol. The van der Waals surface area contributed by atoms with Crippen molar-refractivity contribution in [3.63, 3.8) is 0 Å². The molecule has 0 aromatic carbocycles. The first kappa shape index (κ1) is 12.2. The number of nitrogens with zero attached hydrogens (tertiary/aromatic N) is 3. The summed E-state index contributed by atoms with van der Waals surface area (Å²) in [5.74, 6) is 1.80. The summed E-state index contributed by atoms with van der Waals surface area (Å²) in [6, 6.07) is 4.35. The van der Waals surface area contributed by atoms with Crippen LogP contribution in [0.15, 0.2) is 6.07 Å². The SMILES string of the molecule is N#Cc1cc2c(nc1N1CC3CCC(O)C3C1)CCC2. The Kier molecular flexibility index (Phi) is 2.71. The van der Waals surface area contributed by atoms with Crippen LogP contribution < -0.4 is 4.90 Å². The fourth-order valence-corrected chi connectivity index (χ4v) is 4.19. The minimum atomic E-state index is -0.162. The number of rotatable bonds is 1. The molecule has 3 atom stereocenters. The zero-order valence-electron chi connectivity index (χ0n) is 11.5. The van der Waals surface area contributed by atoms with Gasteiger partial charge in [-0.1, -0.05) is 0 Å². The van der Waals surface area contributed by atoms with Crippen molar-refractivity contribution in [1.82, 2.24) is 4.98 Å². The van der Waals surface area contributed by atoms with Crippen LogP contribution in [0.5, 0.6) is 0 Å². The van der Waals surface area contributed by atoms with Crippen LogP contribution in [0.3, 0.4) is 0 Å². The highest BCUT2D eigenvalue weighted by Gasteiger charge is 2.42. The molecule has 3 aliphatic rings. The zero-order valence-corrected chi connectivity index (χ0v) is 11.5. The average Bonchev–Trinajstić information content (AvgIpc) is 3.14. The van der Waals surface area contributed by atoms with Gasteiger partial charge in [-0.25, -0.2) is 4.98 Å². The Labute approximate surface area is 119 Å². The lowest BCUT2D eigenvalue weighted by atomic mass is 10.00. The van der Waals surface area contributed by atoms with Crippen LogP contribution in [-0.2, 0) is 12.8 Å². The number of fused-ring (bicyclic) bond motifs is 2. The Balaban J connectivity index is 1.68. The molecule has 0 bridgehead atoms. The molecule has 4 rings (SSSR count). The van der Waals surface area contributed by atoms with Crippen molar-refractivity contribution >= 4 is 5.82 Å². The van der Waals surface area contributed by atoms with Crippen LogP contribution in [0, 0.1) is 23.2 Å². The molecular formula is C16H19N3O. The molecule has 3 unspecified atom stereocenters. The topological polar surface area (TPSA) is 60.2 Å². The molecule has 4 heteroatoms. The van der Waals surface area contributed by atoms with Gasteiger partial charge in [-0.05, 0) is 49.7 Å². The second kappa shape index (κ2) is 4.46. The van der Waals surface area contributed by atoms with Crippen LogP contribution in [0.2, 0.25) is 0 Å². The van der Waals surface area contributed by atoms with Crippen LogP contribution in [0.4, 0.5) is 5.82 Å². The summed E-state index contributed by atoms with van der Waals surface area (Å²) in [4.78, 5) is 7.01. The summed E-state index contributed by atoms with van der Waals surface area (Å²) in [5, 5.41) is 19.4. The molecule has 1 N–H and O–H groups in total. The van der Waals surface area contributed by atoms with Gasteiger partial charge in [-0.15, -0.1) is 0 Å². The Bertz CT molecular complexity index is 592. The number of anilines is 1. The van der Waals surface area contributed by atoms with Crippen LogP contribution in [0.1, 0.15) is 36.1 Å². The number of nitriles is 1. The van der Waals surface area contributed by atoms with E-state index >= 15 is 0 Å². The molecular weight excluding hydrogens is 250 g/mol. The van der Waals surface area contributed by atoms with E-state index < -0.39 is 0 Å². The lowest BCUT2D eigenvalue weighted by Gasteiger charge is -2.21. The number of aromatic nitrogens is 1. The van der Waals surface area contributed by atoms with Crippen molar-refractivity contribution in [3.8, 4) is 6.07 Å². The summed E-state index contributed by atoms with van der Waals surface area (Å²) >= 11 is 0. The number of aryl methyl sites for hydroxylation is 2. The number of hydrogen-bond donors (Lipinski definition) is 1. The lowest BCUT2D eigenvalue weighted by molar-refractivity contribution is 0.133. The maximum Gasteiger partial charge on any atom is 0.146 e. The maximum atomic E-state index is 10.0. The van der Waals surface area contributed by atoms with Gasteiger partial charge in [-0.2, -0.15) is 5.26 Å². The molecule has 2 fully saturated rings. The van der Waals surface area contributed by atoms with Gasteiger partial charge in [0.2, 0.25) is 0 Å². The first-order valence-electron chi connectivity index (χ1n) is 7.62. The second-order valence-corrected chi connectivity index (χ2v) is 6.40. The third kappa shape index (κ3) is 1.73. The highest BCUT2D eigenvalue weighted by Crippen LogP contribution is 2.40. The van der Waals surface area contributed by atoms with E-state index in [0.717, 1.165) is 51.0 Å². The van der Waals surface area contributed by atoms with Gasteiger partial charge in [0.05, 0.1) is 11.7 Å². The maximum absolute atomic E-state index is 10.0. The Hall–Kier alpha value is -1.60. The van der Waals surface area contributed by atoms with Crippen LogP contribution in [0.25, 0.3) is 0 Å². The van der Waals surface area contributed by atoms with Gasteiger partial charge in [0.25, 0.3) is 0 Å². The molecule has 104 valence electrons. The van der Waals surface area contributed by atoms with Gasteiger partial charge in [0, 0.05) is 24.7 Å². The van der Waals surface area contributed by atoms with Gasteiger partial charge < -0.3 is 10.0 Å². The number of pyridine rings is 1. The molecule has 1 aromatic rings. The molecule has 20 heavy (non-hydrogen) atoms. The van der Waals surface area contributed by atoms with Crippen molar-refractivity contribution in [2.24, 2.45) is 11.8 Å². The van der Waals surface area contributed by atoms with Crippen molar-refractivity contribution in [3.05, 3.63) is 22.9 Å². The highest BCUT2D eigenvalue weighted by molar-refractivity contribution is 5.57. The smallest absolute Gasteiger partial charge is 0.146 e. The first-order chi connectivity index (χ1) is 9.76. The van der Waals surface area contributed by atoms with Crippen molar-refractivity contribution in [2.75, 3.05) is 18.0 Å². The fourth-order valence-electron chi connectivity index (χ4n) is 4.19. The van der Waals surface area contributed by atoms with Gasteiger partial charge in [0.15, 0.2) is 0 Å². The Morgan fingerprint density at radius 2 is 2.20 bits per heavy atom. The van der Waals surface area contributed by atoms with Crippen molar-refractivity contribution in [1.29, 1.82) is 5.26 Å². The number of aliphatic hydroxyl groups excluding tert-OH is 1. The summed E-state index contributed by atoms with van der Waals surface area (Å²) in [6.45, 7) is 1.80. The van der Waals surface area contributed by atoms with E-state index in [4.69, 9.17) is 4.98 Å². The molecule has 1 saturated heterocycles. The van der Waals surface area contributed by atoms with E-state index in [1.54, 1.807) is 0 Å². The van der Waals surface area contributed by atoms with E-state index in [9.17, 15) is 10.4 Å². The predicted octanol–water partition coefficient (Wildman–Crippen LogP) is 1.65. The van der Waals surface area contributed by atoms with Gasteiger partial charge >= 0.3 is 0 Å². The summed E-state index contributed by atoms with van der Waals surface area (Å²) in [7, 11) is 0. The number of aliphatic hydroxyl groups is 1. The monoisotopic (exact) mass is 269 g/mol. The normalized spacial score (nSPS) is 31.2. The summed E-state index contributed by atoms with van der Waals surface area (Å²) in [5.41, 5.74) is 3.14. The largest absolute Gasteiger partial charge is 0.393 e. The molecule has 2 aliphatic carbocycles. The minimum Gasteiger partial charge on any atom is -0.393 e. The van der Waals surface area contributed by atoms with Gasteiger partial charge in [0.1, 0.15) is 11.9 Å². The molecule has 4 nitrogen and oxygen atoms in total. The quantitative estimate of drug-likeness (QED) is 0.842. The highest BCUT2D eigenvalue weighted by atomic mass is 16.3. The molecule has 0 radical (unpaired) electrons. The Morgan fingerprint density at radius 3 is 3.00 bits per heavy atom. The van der Waals surface area contributed by atoms with Gasteiger partial charge in [-0.3, -0.25) is 0 Å². The molecule has 0 spiro atoms. The second-order valence-electron chi connectivity index (χ2n) is 6.40. The zero-order chi connectivity index (χ0) is 13.7. The lowest BCUT2D eigenvalue weighted by Crippen LogP contribution is -2.26. The van der Waals surface area contributed by atoms with Crippen molar-refractivity contribution in [2.45, 2.75) is 38.2 Å². The average molecular weight is 269 g/mol. The molecule has 1 saturated carbocycles. The van der Waals surface area contributed by atoms with E-state index in [-0.39, 0.29) is 6.10 Å². The molecule has 0 amide bonds. The summed E-state index contributed by atoms with van der Waals surface area (Å²) in [6.07, 6.45) is 5.13. The third-order valence-corrected chi connectivity index (χ3v) is 5.27. The Morgan fingerprint density at radius 1 is 1.30 bits per heavy atom. The number of hydrogen-bond acceptors (Lipinski definition) is 4. The van der Waals surface area contributed by atoms with E-state index in [2.05, 4.69) is 11.0 Å². The summed E-state index contributed by atoms with van der Waals surface area (Å²) < 4.78 is 0. The van der Waals surface area contributed by atoms with Crippen LogP contribution >= 0.6 is 0 Å². The molecule has 1 aliphatic heterocycles. The third-order valence-electron chi connectivity index (χ3n) is 5.27. The standard InChI is InChI=1S/C16H19N3O/c17-7-12-6-10-2-1-3-14(10)18-16(12)19-8-11-4-5-15(20)13(11)9-19/h6,11,13,15,20H,1-5,8-9H2.